The standard InChI is InChI=1S/C53H38N4SSi/c1-53(2)44-27-25-38(32-47(44)57(51-23-13-14-28-54-51)48-34-50-42(33-45(48)53)41-20-10-12-22-49(41)58-50)59(35-15-5-3-6-16-35,36-17-7-4-8-18-36)37-24-26-39-40-19-9-11-21-46(40)56-30-29-55-52(56)43(39)31-37/h3-34H,1-2H3. The maximum absolute atomic E-state index is 5.05. The molecule has 0 spiro atoms. The first-order valence-electron chi connectivity index (χ1n) is 20.2. The van der Waals surface area contributed by atoms with Crippen molar-refractivity contribution in [1.29, 1.82) is 0 Å². The maximum Gasteiger partial charge on any atom is 0.179 e. The number of imidazole rings is 1. The van der Waals surface area contributed by atoms with Crippen molar-refractivity contribution in [2.75, 3.05) is 4.90 Å². The summed E-state index contributed by atoms with van der Waals surface area (Å²) in [5, 5.41) is 11.5. The topological polar surface area (TPSA) is 33.4 Å². The zero-order valence-electron chi connectivity index (χ0n) is 32.7. The fourth-order valence-electron chi connectivity index (χ4n) is 10.1. The van der Waals surface area contributed by atoms with Crippen molar-refractivity contribution in [3.63, 3.8) is 0 Å². The van der Waals surface area contributed by atoms with Gasteiger partial charge in [0.15, 0.2) is 8.07 Å². The molecular weight excluding hydrogens is 753 g/mol. The highest BCUT2D eigenvalue weighted by atomic mass is 32.1. The van der Waals surface area contributed by atoms with Crippen LogP contribution in [0, 0.1) is 0 Å². The average molecular weight is 791 g/mol. The minimum atomic E-state index is -3.03. The highest BCUT2D eigenvalue weighted by Gasteiger charge is 2.44. The van der Waals surface area contributed by atoms with Crippen molar-refractivity contribution in [3.8, 4) is 0 Å². The molecule has 1 aliphatic rings. The number of para-hydroxylation sites is 1. The summed E-state index contributed by atoms with van der Waals surface area (Å²) in [5.74, 6) is 0.911. The van der Waals surface area contributed by atoms with E-state index >= 15 is 0 Å². The molecule has 11 aromatic rings. The highest BCUT2D eigenvalue weighted by molar-refractivity contribution is 7.25. The van der Waals surface area contributed by atoms with E-state index in [2.05, 4.69) is 199 Å². The second kappa shape index (κ2) is 12.8. The van der Waals surface area contributed by atoms with Crippen molar-refractivity contribution in [2.24, 2.45) is 0 Å². The van der Waals surface area contributed by atoms with Crippen molar-refractivity contribution in [2.45, 2.75) is 19.3 Å². The number of fused-ring (bicyclic) bond motifs is 11. The summed E-state index contributed by atoms with van der Waals surface area (Å²) in [6.45, 7) is 4.78. The molecule has 6 heteroatoms. The van der Waals surface area contributed by atoms with E-state index in [4.69, 9.17) is 9.97 Å². The Balaban J connectivity index is 1.18. The lowest BCUT2D eigenvalue weighted by Gasteiger charge is -2.43. The van der Waals surface area contributed by atoms with Crippen LogP contribution in [0.15, 0.2) is 195 Å². The molecule has 0 fully saturated rings. The van der Waals surface area contributed by atoms with E-state index in [1.807, 2.05) is 29.8 Å². The van der Waals surface area contributed by atoms with E-state index in [-0.39, 0.29) is 5.41 Å². The minimum absolute atomic E-state index is 0.286. The van der Waals surface area contributed by atoms with E-state index < -0.39 is 8.07 Å². The predicted octanol–water partition coefficient (Wildman–Crippen LogP) is 10.9. The average Bonchev–Trinajstić information content (AvgIpc) is 3.93. The SMILES string of the molecule is CC1(C)c2ccc([Si](c3ccccc3)(c3ccccc3)c3ccc4c5ccccc5n5ccnc5c4c3)cc2N(c2ccccn2)c2cc3sc4ccccc4c3cc21. The summed E-state index contributed by atoms with van der Waals surface area (Å²) < 4.78 is 4.84. The van der Waals surface area contributed by atoms with Gasteiger partial charge in [0, 0.05) is 55.0 Å². The van der Waals surface area contributed by atoms with Gasteiger partial charge in [-0.05, 0) is 79.7 Å². The van der Waals surface area contributed by atoms with Gasteiger partial charge in [-0.25, -0.2) is 9.97 Å². The molecule has 1 aliphatic heterocycles. The van der Waals surface area contributed by atoms with Gasteiger partial charge < -0.3 is 0 Å². The van der Waals surface area contributed by atoms with Gasteiger partial charge in [0.1, 0.15) is 11.5 Å². The first-order chi connectivity index (χ1) is 29.0. The van der Waals surface area contributed by atoms with Gasteiger partial charge >= 0.3 is 0 Å². The smallest absolute Gasteiger partial charge is 0.179 e. The Hall–Kier alpha value is -6.86. The zero-order valence-corrected chi connectivity index (χ0v) is 34.5. The number of nitrogens with zero attached hydrogens (tertiary/aromatic N) is 4. The van der Waals surface area contributed by atoms with Crippen LogP contribution in [0.5, 0.6) is 0 Å². The summed E-state index contributed by atoms with van der Waals surface area (Å²) in [4.78, 5) is 12.5. The van der Waals surface area contributed by atoms with Crippen LogP contribution in [-0.4, -0.2) is 22.4 Å². The van der Waals surface area contributed by atoms with Gasteiger partial charge in [0.05, 0.1) is 16.9 Å². The highest BCUT2D eigenvalue weighted by Crippen LogP contribution is 2.53. The van der Waals surface area contributed by atoms with E-state index in [0.29, 0.717) is 0 Å². The molecule has 0 unspecified atom stereocenters. The van der Waals surface area contributed by atoms with E-state index in [9.17, 15) is 0 Å². The zero-order chi connectivity index (χ0) is 39.3. The molecule has 0 amide bonds. The van der Waals surface area contributed by atoms with Crippen LogP contribution in [0.3, 0.4) is 0 Å². The molecule has 7 aromatic carbocycles. The maximum atomic E-state index is 5.05. The molecule has 280 valence electrons. The van der Waals surface area contributed by atoms with Crippen molar-refractivity contribution in [1.82, 2.24) is 14.4 Å². The van der Waals surface area contributed by atoms with Crippen LogP contribution in [0.1, 0.15) is 25.0 Å². The first-order valence-corrected chi connectivity index (χ1v) is 23.0. The fourth-order valence-corrected chi connectivity index (χ4v) is 16.0. The summed E-state index contributed by atoms with van der Waals surface area (Å²) in [6.07, 6.45) is 5.93. The third-order valence-corrected chi connectivity index (χ3v) is 18.7. The molecule has 59 heavy (non-hydrogen) atoms. The molecule has 0 saturated carbocycles. The second-order valence-electron chi connectivity index (χ2n) is 16.2. The number of pyridine rings is 2. The summed E-state index contributed by atoms with van der Waals surface area (Å²) >= 11 is 1.87. The molecule has 4 nitrogen and oxygen atoms in total. The third kappa shape index (κ3) is 4.88. The number of hydrogen-bond acceptors (Lipinski definition) is 4. The Labute approximate surface area is 347 Å². The quantitative estimate of drug-likeness (QED) is 0.0989. The van der Waals surface area contributed by atoms with Crippen LogP contribution < -0.4 is 25.6 Å². The fraction of sp³-hybridized carbons (Fsp3) is 0.0566. The number of benzene rings is 7. The second-order valence-corrected chi connectivity index (χ2v) is 21.1. The van der Waals surface area contributed by atoms with E-state index in [1.54, 1.807) is 0 Å². The molecule has 0 bridgehead atoms. The number of aromatic nitrogens is 3. The number of anilines is 3. The lowest BCUT2D eigenvalue weighted by molar-refractivity contribution is 0.632. The Kier molecular flexibility index (Phi) is 7.43. The first kappa shape index (κ1) is 34.2. The number of rotatable bonds is 5. The van der Waals surface area contributed by atoms with Crippen LogP contribution in [0.2, 0.25) is 0 Å². The predicted molar refractivity (Wildman–Crippen MR) is 251 cm³/mol. The van der Waals surface area contributed by atoms with Crippen LogP contribution in [0.25, 0.3) is 47.5 Å². The molecule has 0 saturated heterocycles. The van der Waals surface area contributed by atoms with E-state index in [1.165, 1.54) is 74.2 Å². The molecular formula is C53H38N4SSi. The lowest BCUT2D eigenvalue weighted by Crippen LogP contribution is -2.74. The molecule has 0 N–H and O–H groups in total. The number of hydrogen-bond donors (Lipinski definition) is 0. The van der Waals surface area contributed by atoms with Crippen molar-refractivity contribution >= 4 is 105 Å². The van der Waals surface area contributed by atoms with Gasteiger partial charge in [-0.1, -0.05) is 147 Å². The van der Waals surface area contributed by atoms with Gasteiger partial charge in [-0.3, -0.25) is 9.30 Å². The van der Waals surface area contributed by atoms with Gasteiger partial charge in [-0.2, -0.15) is 0 Å². The largest absolute Gasteiger partial charge is 0.299 e. The summed E-state index contributed by atoms with van der Waals surface area (Å²) in [5.41, 5.74) is 6.79. The summed E-state index contributed by atoms with van der Waals surface area (Å²) in [6, 6.07) is 65.7. The molecule has 4 aromatic heterocycles. The Morgan fingerprint density at radius 1 is 0.475 bits per heavy atom. The van der Waals surface area contributed by atoms with Crippen molar-refractivity contribution in [3.05, 3.63) is 206 Å². The summed E-state index contributed by atoms with van der Waals surface area (Å²) in [7, 11) is -3.03. The Bertz CT molecular complexity index is 3390. The molecule has 5 heterocycles. The van der Waals surface area contributed by atoms with Gasteiger partial charge in [0.25, 0.3) is 0 Å². The normalized spacial score (nSPS) is 13.7. The number of thiophene rings is 1. The molecule has 0 radical (unpaired) electrons. The van der Waals surface area contributed by atoms with Gasteiger partial charge in [-0.15, -0.1) is 11.3 Å². The Morgan fingerprint density at radius 2 is 1.15 bits per heavy atom. The third-order valence-electron chi connectivity index (χ3n) is 12.8. The van der Waals surface area contributed by atoms with E-state index in [0.717, 1.165) is 22.4 Å². The minimum Gasteiger partial charge on any atom is -0.299 e. The van der Waals surface area contributed by atoms with Crippen molar-refractivity contribution < 1.29 is 0 Å². The lowest BCUT2D eigenvalue weighted by atomic mass is 9.73. The van der Waals surface area contributed by atoms with Crippen LogP contribution in [-0.2, 0) is 5.41 Å². The molecule has 12 rings (SSSR count). The Morgan fingerprint density at radius 3 is 1.93 bits per heavy atom. The van der Waals surface area contributed by atoms with Gasteiger partial charge in [0.2, 0.25) is 0 Å². The van der Waals surface area contributed by atoms with Crippen LogP contribution >= 0.6 is 11.3 Å². The molecule has 0 aliphatic carbocycles. The monoisotopic (exact) mass is 790 g/mol. The molecule has 0 atom stereocenters. The van der Waals surface area contributed by atoms with Crippen LogP contribution in [0.4, 0.5) is 17.2 Å².